The van der Waals surface area contributed by atoms with Crippen LogP contribution in [0.3, 0.4) is 0 Å². The molecule has 2 aromatic rings. The van der Waals surface area contributed by atoms with Crippen molar-refractivity contribution >= 4 is 45.0 Å². The molecule has 11 heteroatoms. The SMILES string of the molecule is Cc1ncsc1-c1ccc(CNC(=O)C2CC(O)CN2C(=O)C(NC(=O)CCCCOCCCCCBr)C(C)(C)C)cc1. The van der Waals surface area contributed by atoms with Crippen LogP contribution in [-0.2, 0) is 25.7 Å². The smallest absolute Gasteiger partial charge is 0.246 e. The molecule has 3 amide bonds. The highest BCUT2D eigenvalue weighted by atomic mass is 79.9. The number of halogens is 1. The number of β-amino-alcohol motifs (C(OH)–C–C–N with tert-alkyl or cyclic N) is 1. The molecule has 1 aliphatic rings. The number of benzene rings is 1. The van der Waals surface area contributed by atoms with E-state index in [1.807, 2.05) is 57.5 Å². The number of carbonyl (C=O) groups is 3. The van der Waals surface area contributed by atoms with Crippen molar-refractivity contribution in [3.63, 3.8) is 0 Å². The summed E-state index contributed by atoms with van der Waals surface area (Å²) in [6.45, 7) is 9.34. The lowest BCUT2D eigenvalue weighted by Crippen LogP contribution is -2.57. The van der Waals surface area contributed by atoms with Crippen LogP contribution in [0, 0.1) is 12.3 Å². The van der Waals surface area contributed by atoms with Crippen LogP contribution in [0.2, 0.25) is 0 Å². The van der Waals surface area contributed by atoms with Crippen molar-refractivity contribution in [2.24, 2.45) is 5.41 Å². The largest absolute Gasteiger partial charge is 0.391 e. The molecule has 1 saturated heterocycles. The Balaban J connectivity index is 1.52. The fraction of sp³-hybridized carbons (Fsp3) is 0.625. The minimum Gasteiger partial charge on any atom is -0.391 e. The summed E-state index contributed by atoms with van der Waals surface area (Å²) in [5.74, 6) is -0.879. The van der Waals surface area contributed by atoms with Crippen LogP contribution in [0.15, 0.2) is 29.8 Å². The molecule has 3 atom stereocenters. The number of carbonyl (C=O) groups excluding carboxylic acids is 3. The molecule has 238 valence electrons. The number of hydrogen-bond acceptors (Lipinski definition) is 7. The Labute approximate surface area is 268 Å². The molecular weight excluding hydrogens is 632 g/mol. The van der Waals surface area contributed by atoms with E-state index in [1.54, 1.807) is 11.3 Å². The van der Waals surface area contributed by atoms with E-state index in [0.29, 0.717) is 26.0 Å². The van der Waals surface area contributed by atoms with E-state index in [-0.39, 0.29) is 30.7 Å². The third kappa shape index (κ3) is 11.0. The number of aliphatic hydroxyl groups excluding tert-OH is 1. The predicted molar refractivity (Wildman–Crippen MR) is 174 cm³/mol. The van der Waals surface area contributed by atoms with Gasteiger partial charge >= 0.3 is 0 Å². The van der Waals surface area contributed by atoms with Crippen molar-refractivity contribution in [2.75, 3.05) is 25.1 Å². The van der Waals surface area contributed by atoms with Gasteiger partial charge in [-0.25, -0.2) is 4.98 Å². The summed E-state index contributed by atoms with van der Waals surface area (Å²) in [6, 6.07) is 6.31. The summed E-state index contributed by atoms with van der Waals surface area (Å²) in [5, 5.41) is 17.3. The fourth-order valence-electron chi connectivity index (χ4n) is 5.08. The molecule has 0 aliphatic carbocycles. The molecule has 3 N–H and O–H groups in total. The van der Waals surface area contributed by atoms with Crippen LogP contribution in [0.5, 0.6) is 0 Å². The zero-order chi connectivity index (χ0) is 31.4. The summed E-state index contributed by atoms with van der Waals surface area (Å²) >= 11 is 5.01. The highest BCUT2D eigenvalue weighted by Gasteiger charge is 2.44. The maximum Gasteiger partial charge on any atom is 0.246 e. The van der Waals surface area contributed by atoms with Crippen molar-refractivity contribution in [1.29, 1.82) is 0 Å². The first-order valence-electron chi connectivity index (χ1n) is 15.2. The minimum atomic E-state index is -0.825. The van der Waals surface area contributed by atoms with Crippen LogP contribution in [-0.4, -0.2) is 76.0 Å². The number of likely N-dealkylation sites (tertiary alicyclic amines) is 1. The molecule has 3 unspecified atom stereocenters. The average molecular weight is 680 g/mol. The Morgan fingerprint density at radius 1 is 1.12 bits per heavy atom. The molecule has 9 nitrogen and oxygen atoms in total. The number of aryl methyl sites for hydroxylation is 1. The second-order valence-electron chi connectivity index (χ2n) is 12.3. The third-order valence-corrected chi connectivity index (χ3v) is 9.11. The molecular formula is C32H47BrN4O5S. The summed E-state index contributed by atoms with van der Waals surface area (Å²) in [4.78, 5) is 46.7. The van der Waals surface area contributed by atoms with Crippen molar-refractivity contribution in [3.05, 3.63) is 41.0 Å². The van der Waals surface area contributed by atoms with Crippen molar-refractivity contribution in [1.82, 2.24) is 20.5 Å². The summed E-state index contributed by atoms with van der Waals surface area (Å²) in [6.07, 6.45) is 4.38. The molecule has 0 saturated carbocycles. The number of unbranched alkanes of at least 4 members (excludes halogenated alkanes) is 3. The standard InChI is InChI=1S/C32H47BrN4O5S/c1-22-28(43-21-35-22)24-13-11-23(12-14-24)19-34-30(40)26-18-25(38)20-37(26)31(41)29(32(2,3)4)36-27(39)10-6-9-17-42-16-8-5-7-15-33/h11-14,21,25-26,29,38H,5-10,15-20H2,1-4H3,(H,34,40)(H,36,39). The van der Waals surface area contributed by atoms with Gasteiger partial charge in [0.2, 0.25) is 17.7 Å². The minimum absolute atomic E-state index is 0.0508. The van der Waals surface area contributed by atoms with Gasteiger partial charge in [0.15, 0.2) is 0 Å². The van der Waals surface area contributed by atoms with Gasteiger partial charge in [-0.1, -0.05) is 67.4 Å². The van der Waals surface area contributed by atoms with E-state index in [1.165, 1.54) is 4.90 Å². The molecule has 1 aliphatic heterocycles. The monoisotopic (exact) mass is 678 g/mol. The maximum absolute atomic E-state index is 13.8. The molecule has 3 rings (SSSR count). The lowest BCUT2D eigenvalue weighted by atomic mass is 9.85. The second kappa shape index (κ2) is 17.2. The third-order valence-electron chi connectivity index (χ3n) is 7.58. The van der Waals surface area contributed by atoms with Gasteiger partial charge in [0.05, 0.1) is 22.2 Å². The number of aromatic nitrogens is 1. The number of hydrogen-bond donors (Lipinski definition) is 3. The summed E-state index contributed by atoms with van der Waals surface area (Å²) in [5.41, 5.74) is 4.22. The molecule has 0 bridgehead atoms. The molecule has 1 aromatic carbocycles. The van der Waals surface area contributed by atoms with Crippen molar-refractivity contribution < 1.29 is 24.2 Å². The van der Waals surface area contributed by atoms with Gasteiger partial charge in [-0.15, -0.1) is 11.3 Å². The number of alkyl halides is 1. The lowest BCUT2D eigenvalue weighted by Gasteiger charge is -2.35. The second-order valence-corrected chi connectivity index (χ2v) is 13.9. The molecule has 2 heterocycles. The maximum atomic E-state index is 13.8. The van der Waals surface area contributed by atoms with E-state index in [2.05, 4.69) is 31.5 Å². The fourth-order valence-corrected chi connectivity index (χ4v) is 6.29. The van der Waals surface area contributed by atoms with E-state index in [9.17, 15) is 19.5 Å². The number of nitrogens with zero attached hydrogens (tertiary/aromatic N) is 2. The molecule has 1 fully saturated rings. The first-order valence-corrected chi connectivity index (χ1v) is 17.2. The molecule has 0 spiro atoms. The van der Waals surface area contributed by atoms with Crippen LogP contribution < -0.4 is 10.6 Å². The van der Waals surface area contributed by atoms with Gasteiger partial charge in [-0.3, -0.25) is 14.4 Å². The van der Waals surface area contributed by atoms with Crippen molar-refractivity contribution in [3.8, 4) is 10.4 Å². The number of nitrogens with one attached hydrogen (secondary N) is 2. The van der Waals surface area contributed by atoms with Crippen molar-refractivity contribution in [2.45, 2.75) is 97.4 Å². The quantitative estimate of drug-likeness (QED) is 0.170. The zero-order valence-electron chi connectivity index (χ0n) is 25.9. The highest BCUT2D eigenvalue weighted by molar-refractivity contribution is 9.09. The first kappa shape index (κ1) is 35.1. The lowest BCUT2D eigenvalue weighted by molar-refractivity contribution is -0.144. The Morgan fingerprint density at radius 2 is 1.81 bits per heavy atom. The van der Waals surface area contributed by atoms with E-state index < -0.39 is 23.6 Å². The number of aliphatic hydroxyl groups is 1. The molecule has 0 radical (unpaired) electrons. The Hall–Kier alpha value is -2.34. The van der Waals surface area contributed by atoms with Crippen LogP contribution in [0.25, 0.3) is 10.4 Å². The molecule has 43 heavy (non-hydrogen) atoms. The van der Waals surface area contributed by atoms with Crippen LogP contribution in [0.1, 0.15) is 77.0 Å². The average Bonchev–Trinajstić information content (AvgIpc) is 3.58. The van der Waals surface area contributed by atoms with Gasteiger partial charge < -0.3 is 25.4 Å². The highest BCUT2D eigenvalue weighted by Crippen LogP contribution is 2.28. The van der Waals surface area contributed by atoms with Gasteiger partial charge in [-0.05, 0) is 49.1 Å². The molecule has 1 aromatic heterocycles. The van der Waals surface area contributed by atoms with E-state index in [4.69, 9.17) is 4.74 Å². The summed E-state index contributed by atoms with van der Waals surface area (Å²) < 4.78 is 5.65. The Bertz CT molecular complexity index is 1180. The van der Waals surface area contributed by atoms with Gasteiger partial charge in [0, 0.05) is 44.5 Å². The van der Waals surface area contributed by atoms with Gasteiger partial charge in [0.1, 0.15) is 12.1 Å². The number of thiazole rings is 1. The topological polar surface area (TPSA) is 121 Å². The number of rotatable bonds is 16. The predicted octanol–water partition coefficient (Wildman–Crippen LogP) is 4.98. The number of amides is 3. The zero-order valence-corrected chi connectivity index (χ0v) is 28.3. The first-order chi connectivity index (χ1) is 20.5. The normalized spacial score (nSPS) is 17.6. The van der Waals surface area contributed by atoms with Crippen LogP contribution in [0.4, 0.5) is 0 Å². The van der Waals surface area contributed by atoms with E-state index in [0.717, 1.165) is 59.3 Å². The summed E-state index contributed by atoms with van der Waals surface area (Å²) in [7, 11) is 0. The van der Waals surface area contributed by atoms with Crippen LogP contribution >= 0.6 is 27.3 Å². The Kier molecular flexibility index (Phi) is 14.1. The Morgan fingerprint density at radius 3 is 2.44 bits per heavy atom. The van der Waals surface area contributed by atoms with E-state index >= 15 is 0 Å². The number of ether oxygens (including phenoxy) is 1. The van der Waals surface area contributed by atoms with Gasteiger partial charge in [0.25, 0.3) is 0 Å². The van der Waals surface area contributed by atoms with Gasteiger partial charge in [-0.2, -0.15) is 0 Å².